The van der Waals surface area contributed by atoms with Gasteiger partial charge in [-0.05, 0) is 50.3 Å². The number of likely N-dealkylation sites (tertiary alicyclic amines) is 1. The Hall–Kier alpha value is -1.51. The molecule has 0 saturated carbocycles. The zero-order valence-electron chi connectivity index (χ0n) is 12.1. The largest absolute Gasteiger partial charge is 0.374 e. The second-order valence-electron chi connectivity index (χ2n) is 5.74. The number of carbonyl (C=O) groups is 1. The van der Waals surface area contributed by atoms with Gasteiger partial charge in [-0.15, -0.1) is 0 Å². The van der Waals surface area contributed by atoms with E-state index in [0.717, 1.165) is 37.5 Å². The minimum Gasteiger partial charge on any atom is -0.374 e. The van der Waals surface area contributed by atoms with Crippen molar-refractivity contribution in [2.45, 2.75) is 39.7 Å². The van der Waals surface area contributed by atoms with Gasteiger partial charge in [-0.3, -0.25) is 4.79 Å². The molecule has 1 aromatic rings. The van der Waals surface area contributed by atoms with E-state index in [0.29, 0.717) is 0 Å². The molecule has 0 aliphatic carbocycles. The van der Waals surface area contributed by atoms with Crippen LogP contribution in [0.1, 0.15) is 32.3 Å². The summed E-state index contributed by atoms with van der Waals surface area (Å²) in [6.45, 7) is 8.07. The van der Waals surface area contributed by atoms with Gasteiger partial charge in [-0.2, -0.15) is 0 Å². The first-order valence-corrected chi connectivity index (χ1v) is 7.18. The van der Waals surface area contributed by atoms with Gasteiger partial charge >= 0.3 is 0 Å². The average molecular weight is 260 g/mol. The number of amides is 1. The third-order valence-electron chi connectivity index (χ3n) is 3.87. The molecule has 19 heavy (non-hydrogen) atoms. The minimum atomic E-state index is -0.157. The lowest BCUT2D eigenvalue weighted by atomic mass is 9.99. The number of rotatable bonds is 3. The molecule has 1 N–H and O–H groups in total. The van der Waals surface area contributed by atoms with Gasteiger partial charge in [-0.1, -0.05) is 19.1 Å². The molecule has 2 rings (SSSR count). The van der Waals surface area contributed by atoms with E-state index in [2.05, 4.69) is 31.3 Å². The van der Waals surface area contributed by atoms with Gasteiger partial charge in [0.25, 0.3) is 0 Å². The predicted octanol–water partition coefficient (Wildman–Crippen LogP) is 3.05. The second-order valence-corrected chi connectivity index (χ2v) is 5.74. The van der Waals surface area contributed by atoms with Crippen LogP contribution in [0.15, 0.2) is 24.3 Å². The SMILES string of the molecule is Cc1cccc(NC(C)C(=O)N2CCC(C)CC2)c1. The highest BCUT2D eigenvalue weighted by molar-refractivity contribution is 5.84. The van der Waals surface area contributed by atoms with Gasteiger partial charge in [-0.25, -0.2) is 0 Å². The number of aryl methyl sites for hydroxylation is 1. The lowest BCUT2D eigenvalue weighted by molar-refractivity contribution is -0.132. The molecule has 3 nitrogen and oxygen atoms in total. The smallest absolute Gasteiger partial charge is 0.244 e. The summed E-state index contributed by atoms with van der Waals surface area (Å²) >= 11 is 0. The Morgan fingerprint density at radius 3 is 2.68 bits per heavy atom. The van der Waals surface area contributed by atoms with Gasteiger partial charge in [0, 0.05) is 18.8 Å². The Bertz CT molecular complexity index is 436. The molecular formula is C16H24N2O. The number of anilines is 1. The van der Waals surface area contributed by atoms with Crippen molar-refractivity contribution in [3.63, 3.8) is 0 Å². The van der Waals surface area contributed by atoms with Crippen molar-refractivity contribution in [1.82, 2.24) is 4.90 Å². The lowest BCUT2D eigenvalue weighted by Crippen LogP contribution is -2.45. The molecule has 1 aromatic carbocycles. The Balaban J connectivity index is 1.92. The highest BCUT2D eigenvalue weighted by atomic mass is 16.2. The number of hydrogen-bond acceptors (Lipinski definition) is 2. The first-order valence-electron chi connectivity index (χ1n) is 7.18. The number of nitrogens with one attached hydrogen (secondary N) is 1. The number of nitrogens with zero attached hydrogens (tertiary/aromatic N) is 1. The molecule has 0 spiro atoms. The van der Waals surface area contributed by atoms with Crippen molar-refractivity contribution in [3.8, 4) is 0 Å². The van der Waals surface area contributed by atoms with Crippen molar-refractivity contribution >= 4 is 11.6 Å². The molecule has 0 bridgehead atoms. The quantitative estimate of drug-likeness (QED) is 0.906. The molecule has 1 unspecified atom stereocenters. The third kappa shape index (κ3) is 3.72. The van der Waals surface area contributed by atoms with Crippen LogP contribution in [-0.2, 0) is 4.79 Å². The third-order valence-corrected chi connectivity index (χ3v) is 3.87. The van der Waals surface area contributed by atoms with Gasteiger partial charge in [0.05, 0.1) is 0 Å². The van der Waals surface area contributed by atoms with Crippen molar-refractivity contribution in [2.75, 3.05) is 18.4 Å². The molecule has 1 amide bonds. The number of benzene rings is 1. The van der Waals surface area contributed by atoms with Crippen LogP contribution in [0.3, 0.4) is 0 Å². The van der Waals surface area contributed by atoms with Gasteiger partial charge in [0.1, 0.15) is 6.04 Å². The van der Waals surface area contributed by atoms with Crippen LogP contribution in [0.4, 0.5) is 5.69 Å². The van der Waals surface area contributed by atoms with Gasteiger partial charge in [0.15, 0.2) is 0 Å². The molecule has 0 radical (unpaired) electrons. The van der Waals surface area contributed by atoms with Crippen LogP contribution < -0.4 is 5.32 Å². The van der Waals surface area contributed by atoms with Gasteiger partial charge in [0.2, 0.25) is 5.91 Å². The molecule has 3 heteroatoms. The fourth-order valence-electron chi connectivity index (χ4n) is 2.55. The van der Waals surface area contributed by atoms with E-state index >= 15 is 0 Å². The van der Waals surface area contributed by atoms with Crippen molar-refractivity contribution < 1.29 is 4.79 Å². The predicted molar refractivity (Wildman–Crippen MR) is 79.2 cm³/mol. The molecule has 104 valence electrons. The minimum absolute atomic E-state index is 0.157. The molecule has 1 atom stereocenters. The van der Waals surface area contributed by atoms with E-state index in [9.17, 15) is 4.79 Å². The van der Waals surface area contributed by atoms with E-state index in [1.165, 1.54) is 5.56 Å². The normalized spacial score (nSPS) is 18.2. The van der Waals surface area contributed by atoms with E-state index in [4.69, 9.17) is 0 Å². The highest BCUT2D eigenvalue weighted by Crippen LogP contribution is 2.18. The summed E-state index contributed by atoms with van der Waals surface area (Å²) in [4.78, 5) is 14.4. The summed E-state index contributed by atoms with van der Waals surface area (Å²) in [5, 5.41) is 3.30. The summed E-state index contributed by atoms with van der Waals surface area (Å²) in [6.07, 6.45) is 2.26. The fraction of sp³-hybridized carbons (Fsp3) is 0.562. The standard InChI is InChI=1S/C16H24N2O/c1-12-7-9-18(10-8-12)16(19)14(3)17-15-6-4-5-13(2)11-15/h4-6,11-12,14,17H,7-10H2,1-3H3. The topological polar surface area (TPSA) is 32.3 Å². The van der Waals surface area contributed by atoms with E-state index in [1.54, 1.807) is 0 Å². The van der Waals surface area contributed by atoms with Crippen molar-refractivity contribution in [2.24, 2.45) is 5.92 Å². The van der Waals surface area contributed by atoms with Gasteiger partial charge < -0.3 is 10.2 Å². The summed E-state index contributed by atoms with van der Waals surface area (Å²) in [5.41, 5.74) is 2.22. The molecular weight excluding hydrogens is 236 g/mol. The summed E-state index contributed by atoms with van der Waals surface area (Å²) in [6, 6.07) is 7.99. The van der Waals surface area contributed by atoms with Crippen LogP contribution in [0.25, 0.3) is 0 Å². The van der Waals surface area contributed by atoms with E-state index in [1.807, 2.05) is 24.0 Å². The maximum atomic E-state index is 12.4. The number of hydrogen-bond donors (Lipinski definition) is 1. The highest BCUT2D eigenvalue weighted by Gasteiger charge is 2.24. The van der Waals surface area contributed by atoms with E-state index in [-0.39, 0.29) is 11.9 Å². The number of carbonyl (C=O) groups excluding carboxylic acids is 1. The van der Waals surface area contributed by atoms with Crippen LogP contribution in [-0.4, -0.2) is 29.9 Å². The molecule has 1 heterocycles. The van der Waals surface area contributed by atoms with Crippen LogP contribution in [0, 0.1) is 12.8 Å². The van der Waals surface area contributed by atoms with Crippen LogP contribution >= 0.6 is 0 Å². The first kappa shape index (κ1) is 13.9. The summed E-state index contributed by atoms with van der Waals surface area (Å²) < 4.78 is 0. The monoisotopic (exact) mass is 260 g/mol. The molecule has 1 saturated heterocycles. The average Bonchev–Trinajstić information content (AvgIpc) is 2.39. The fourth-order valence-corrected chi connectivity index (χ4v) is 2.55. The Labute approximate surface area is 116 Å². The van der Waals surface area contributed by atoms with Crippen molar-refractivity contribution in [1.29, 1.82) is 0 Å². The second kappa shape index (κ2) is 6.09. The summed E-state index contributed by atoms with van der Waals surface area (Å²) in [5.74, 6) is 0.970. The Kier molecular flexibility index (Phi) is 4.46. The van der Waals surface area contributed by atoms with E-state index < -0.39 is 0 Å². The maximum absolute atomic E-state index is 12.4. The molecule has 0 aromatic heterocycles. The molecule has 1 aliphatic rings. The zero-order chi connectivity index (χ0) is 13.8. The zero-order valence-corrected chi connectivity index (χ0v) is 12.1. The van der Waals surface area contributed by atoms with Crippen molar-refractivity contribution in [3.05, 3.63) is 29.8 Å². The Morgan fingerprint density at radius 2 is 2.05 bits per heavy atom. The lowest BCUT2D eigenvalue weighted by Gasteiger charge is -2.32. The summed E-state index contributed by atoms with van der Waals surface area (Å²) in [7, 11) is 0. The van der Waals surface area contributed by atoms with Crippen LogP contribution in [0.2, 0.25) is 0 Å². The van der Waals surface area contributed by atoms with Crippen LogP contribution in [0.5, 0.6) is 0 Å². The maximum Gasteiger partial charge on any atom is 0.244 e. The molecule has 1 aliphatic heterocycles. The first-order chi connectivity index (χ1) is 9.06. The Morgan fingerprint density at radius 1 is 1.37 bits per heavy atom. The molecule has 1 fully saturated rings. The number of piperidine rings is 1.